The van der Waals surface area contributed by atoms with E-state index in [1.54, 1.807) is 17.0 Å². The molecule has 0 bridgehead atoms. The van der Waals surface area contributed by atoms with Crippen LogP contribution < -0.4 is 5.56 Å². The summed E-state index contributed by atoms with van der Waals surface area (Å²) in [6, 6.07) is 9.37. The van der Waals surface area contributed by atoms with Crippen LogP contribution in [0.1, 0.15) is 26.3 Å². The monoisotopic (exact) mass is 326 g/mol. The molecule has 2 heterocycles. The molecule has 1 saturated heterocycles. The molecule has 0 radical (unpaired) electrons. The summed E-state index contributed by atoms with van der Waals surface area (Å²) >= 11 is 0. The van der Waals surface area contributed by atoms with Crippen LogP contribution in [0.15, 0.2) is 41.2 Å². The third-order valence-electron chi connectivity index (χ3n) is 4.35. The van der Waals surface area contributed by atoms with Crippen molar-refractivity contribution in [1.82, 2.24) is 9.88 Å². The van der Waals surface area contributed by atoms with Crippen LogP contribution in [0, 0.1) is 0 Å². The number of H-pyrrole nitrogens is 1. The van der Waals surface area contributed by atoms with Crippen LogP contribution in [-0.4, -0.2) is 40.6 Å². The number of para-hydroxylation sites is 1. The van der Waals surface area contributed by atoms with Crippen molar-refractivity contribution in [2.24, 2.45) is 0 Å². The van der Waals surface area contributed by atoms with Crippen molar-refractivity contribution in [2.75, 3.05) is 13.2 Å². The van der Waals surface area contributed by atoms with Gasteiger partial charge >= 0.3 is 0 Å². The van der Waals surface area contributed by atoms with Gasteiger partial charge in [-0.25, -0.2) is 0 Å². The summed E-state index contributed by atoms with van der Waals surface area (Å²) in [4.78, 5) is 29.4. The summed E-state index contributed by atoms with van der Waals surface area (Å²) in [6.07, 6.45) is 3.07. The summed E-state index contributed by atoms with van der Waals surface area (Å²) in [7, 11) is 0. The average molecular weight is 326 g/mol. The number of hydrogen-bond acceptors (Lipinski definition) is 3. The van der Waals surface area contributed by atoms with Crippen LogP contribution in [0.2, 0.25) is 0 Å². The van der Waals surface area contributed by atoms with Gasteiger partial charge in [-0.05, 0) is 44.4 Å². The Balaban J connectivity index is 1.86. The fourth-order valence-corrected chi connectivity index (χ4v) is 2.91. The fraction of sp³-hybridized carbons (Fsp3) is 0.368. The third-order valence-corrected chi connectivity index (χ3v) is 4.35. The number of carbonyl (C=O) groups excluding carboxylic acids is 1. The molecule has 3 rings (SSSR count). The van der Waals surface area contributed by atoms with Gasteiger partial charge in [0, 0.05) is 23.7 Å². The Hall–Kier alpha value is -2.40. The summed E-state index contributed by atoms with van der Waals surface area (Å²) in [5, 5.41) is 0.935. The van der Waals surface area contributed by atoms with Crippen molar-refractivity contribution in [3.8, 4) is 0 Å². The zero-order valence-electron chi connectivity index (χ0n) is 14.2. The van der Waals surface area contributed by atoms with Gasteiger partial charge in [0.1, 0.15) is 0 Å². The lowest BCUT2D eigenvalue weighted by Gasteiger charge is -2.44. The maximum absolute atomic E-state index is 12.6. The van der Waals surface area contributed by atoms with Crippen LogP contribution in [0.3, 0.4) is 0 Å². The number of carbonyl (C=O) groups is 1. The second kappa shape index (κ2) is 6.24. The lowest BCUT2D eigenvalue weighted by molar-refractivity contribution is -0.147. The van der Waals surface area contributed by atoms with Crippen LogP contribution in [0.5, 0.6) is 0 Å². The Bertz CT molecular complexity index is 851. The predicted molar refractivity (Wildman–Crippen MR) is 94.8 cm³/mol. The minimum absolute atomic E-state index is 0.0134. The molecule has 0 spiro atoms. The number of fused-ring (bicyclic) bond motifs is 1. The molecular formula is C19H22N2O3. The Morgan fingerprint density at radius 2 is 2.12 bits per heavy atom. The number of amides is 1. The highest BCUT2D eigenvalue weighted by atomic mass is 16.5. The van der Waals surface area contributed by atoms with Gasteiger partial charge in [-0.2, -0.15) is 0 Å². The van der Waals surface area contributed by atoms with Gasteiger partial charge in [0.15, 0.2) is 0 Å². The first kappa shape index (κ1) is 16.5. The Labute approximate surface area is 140 Å². The molecule has 2 aromatic rings. The van der Waals surface area contributed by atoms with Crippen LogP contribution in [0.4, 0.5) is 0 Å². The van der Waals surface area contributed by atoms with Crippen LogP contribution in [-0.2, 0) is 9.53 Å². The maximum Gasteiger partial charge on any atom is 0.255 e. The van der Waals surface area contributed by atoms with Gasteiger partial charge in [0.05, 0.1) is 18.2 Å². The number of aromatic nitrogens is 1. The Morgan fingerprint density at radius 3 is 2.92 bits per heavy atom. The first-order valence-electron chi connectivity index (χ1n) is 8.10. The second-order valence-electron chi connectivity index (χ2n) is 6.86. The van der Waals surface area contributed by atoms with Crippen molar-refractivity contribution in [3.63, 3.8) is 0 Å². The van der Waals surface area contributed by atoms with E-state index in [1.165, 1.54) is 6.08 Å². The van der Waals surface area contributed by atoms with E-state index < -0.39 is 0 Å². The molecule has 5 heteroatoms. The van der Waals surface area contributed by atoms with Crippen molar-refractivity contribution in [3.05, 3.63) is 52.3 Å². The van der Waals surface area contributed by atoms with Gasteiger partial charge in [-0.3, -0.25) is 9.59 Å². The van der Waals surface area contributed by atoms with E-state index in [0.717, 1.165) is 10.9 Å². The predicted octanol–water partition coefficient (Wildman–Crippen LogP) is 2.57. The smallest absolute Gasteiger partial charge is 0.255 e. The SMILES string of the molecule is CC1CN(C(=O)/C=C/c2cc3ccccc3[nH]c2=O)C(C)(C)CO1. The highest BCUT2D eigenvalue weighted by Gasteiger charge is 2.35. The molecule has 1 aromatic carbocycles. The summed E-state index contributed by atoms with van der Waals surface area (Å²) in [6.45, 7) is 6.96. The lowest BCUT2D eigenvalue weighted by atomic mass is 10.0. The number of ether oxygens (including phenoxy) is 1. The van der Waals surface area contributed by atoms with Gasteiger partial charge in [0.25, 0.3) is 5.56 Å². The molecule has 5 nitrogen and oxygen atoms in total. The average Bonchev–Trinajstić information content (AvgIpc) is 2.55. The number of benzene rings is 1. The van der Waals surface area contributed by atoms with Crippen molar-refractivity contribution < 1.29 is 9.53 Å². The summed E-state index contributed by atoms with van der Waals surface area (Å²) < 4.78 is 5.63. The van der Waals surface area contributed by atoms with E-state index >= 15 is 0 Å². The molecular weight excluding hydrogens is 304 g/mol. The highest BCUT2D eigenvalue weighted by molar-refractivity contribution is 5.93. The Kier molecular flexibility index (Phi) is 4.28. The first-order valence-corrected chi connectivity index (χ1v) is 8.10. The number of rotatable bonds is 2. The van der Waals surface area contributed by atoms with E-state index in [-0.39, 0.29) is 23.1 Å². The molecule has 1 amide bonds. The second-order valence-corrected chi connectivity index (χ2v) is 6.86. The molecule has 1 unspecified atom stereocenters. The van der Waals surface area contributed by atoms with E-state index in [0.29, 0.717) is 18.7 Å². The molecule has 0 aliphatic carbocycles. The zero-order chi connectivity index (χ0) is 17.3. The van der Waals surface area contributed by atoms with Gasteiger partial charge in [-0.1, -0.05) is 18.2 Å². The quantitative estimate of drug-likeness (QED) is 0.863. The van der Waals surface area contributed by atoms with Gasteiger partial charge < -0.3 is 14.6 Å². The first-order chi connectivity index (χ1) is 11.4. The van der Waals surface area contributed by atoms with Gasteiger partial charge in [-0.15, -0.1) is 0 Å². The molecule has 1 fully saturated rings. The van der Waals surface area contributed by atoms with E-state index in [9.17, 15) is 9.59 Å². The Morgan fingerprint density at radius 1 is 1.38 bits per heavy atom. The molecule has 1 N–H and O–H groups in total. The maximum atomic E-state index is 12.6. The standard InChI is InChI=1S/C19H22N2O3/c1-13-11-21(19(2,3)12-24-13)17(22)9-8-15-10-14-6-4-5-7-16(14)20-18(15)23/h4-10,13H,11-12H2,1-3H3,(H,20,23)/b9-8+. The highest BCUT2D eigenvalue weighted by Crippen LogP contribution is 2.22. The van der Waals surface area contributed by atoms with Crippen molar-refractivity contribution >= 4 is 22.9 Å². The molecule has 24 heavy (non-hydrogen) atoms. The van der Waals surface area contributed by atoms with E-state index in [4.69, 9.17) is 4.74 Å². The minimum atomic E-state index is -0.357. The van der Waals surface area contributed by atoms with Crippen LogP contribution in [0.25, 0.3) is 17.0 Å². The van der Waals surface area contributed by atoms with Crippen LogP contribution >= 0.6 is 0 Å². The molecule has 1 atom stereocenters. The lowest BCUT2D eigenvalue weighted by Crippen LogP contribution is -2.57. The zero-order valence-corrected chi connectivity index (χ0v) is 14.2. The topological polar surface area (TPSA) is 62.4 Å². The van der Waals surface area contributed by atoms with Crippen molar-refractivity contribution in [1.29, 1.82) is 0 Å². The third kappa shape index (κ3) is 3.26. The number of nitrogens with one attached hydrogen (secondary N) is 1. The molecule has 1 aliphatic heterocycles. The number of hydrogen-bond donors (Lipinski definition) is 1. The number of morpholine rings is 1. The molecule has 1 aromatic heterocycles. The molecule has 1 aliphatic rings. The summed E-state index contributed by atoms with van der Waals surface area (Å²) in [5.74, 6) is -0.109. The number of pyridine rings is 1. The number of aromatic amines is 1. The van der Waals surface area contributed by atoms with Crippen molar-refractivity contribution in [2.45, 2.75) is 32.4 Å². The molecule has 126 valence electrons. The summed E-state index contributed by atoms with van der Waals surface area (Å²) in [5.41, 5.74) is 0.701. The van der Waals surface area contributed by atoms with E-state index in [1.807, 2.05) is 45.0 Å². The van der Waals surface area contributed by atoms with Gasteiger partial charge in [0.2, 0.25) is 5.91 Å². The molecule has 0 saturated carbocycles. The minimum Gasteiger partial charge on any atom is -0.374 e. The van der Waals surface area contributed by atoms with E-state index in [2.05, 4.69) is 4.98 Å². The fourth-order valence-electron chi connectivity index (χ4n) is 2.91. The normalized spacial score (nSPS) is 20.6. The largest absolute Gasteiger partial charge is 0.374 e. The number of nitrogens with zero attached hydrogens (tertiary/aromatic N) is 1.